The number of nitrogens with zero attached hydrogens (tertiary/aromatic N) is 2. The monoisotopic (exact) mass is 306 g/mol. The minimum atomic E-state index is -3.49. The highest BCUT2D eigenvalue weighted by Crippen LogP contribution is 2.15. The molecular formula is C14H18N4O2S. The van der Waals surface area contributed by atoms with Gasteiger partial charge in [-0.05, 0) is 12.0 Å². The van der Waals surface area contributed by atoms with E-state index in [9.17, 15) is 8.42 Å². The zero-order valence-corrected chi connectivity index (χ0v) is 12.4. The highest BCUT2D eigenvalue weighted by molar-refractivity contribution is 7.89. The Morgan fingerprint density at radius 1 is 1.33 bits per heavy atom. The molecule has 1 unspecified atom stereocenters. The van der Waals surface area contributed by atoms with Gasteiger partial charge in [-0.15, -0.1) is 0 Å². The average Bonchev–Trinajstić information content (AvgIpc) is 3.11. The fourth-order valence-corrected chi connectivity index (χ4v) is 3.75. The Bertz CT molecular complexity index is 670. The van der Waals surface area contributed by atoms with Crippen LogP contribution in [-0.4, -0.2) is 42.4 Å². The van der Waals surface area contributed by atoms with E-state index < -0.39 is 10.0 Å². The van der Waals surface area contributed by atoms with E-state index in [0.29, 0.717) is 0 Å². The summed E-state index contributed by atoms with van der Waals surface area (Å²) in [6.07, 6.45) is 3.50. The van der Waals surface area contributed by atoms with Crippen molar-refractivity contribution in [3.05, 3.63) is 48.4 Å². The molecule has 0 bridgehead atoms. The minimum Gasteiger partial charge on any atom is -0.335 e. The van der Waals surface area contributed by atoms with E-state index in [4.69, 9.17) is 0 Å². The van der Waals surface area contributed by atoms with Crippen LogP contribution < -0.4 is 4.72 Å². The summed E-state index contributed by atoms with van der Waals surface area (Å²) in [6, 6.07) is 10.1. The first-order chi connectivity index (χ1) is 10.1. The molecule has 6 nitrogen and oxygen atoms in total. The first kappa shape index (κ1) is 14.2. The molecule has 2 N–H and O–H groups in total. The molecule has 112 valence electrons. The lowest BCUT2D eigenvalue weighted by atomic mass is 10.2. The van der Waals surface area contributed by atoms with Crippen LogP contribution in [0.4, 0.5) is 0 Å². The molecule has 1 aliphatic rings. The molecule has 0 aliphatic carbocycles. The maximum atomic E-state index is 12.1. The number of sulfonamides is 1. The molecule has 1 atom stereocenters. The third-order valence-electron chi connectivity index (χ3n) is 3.61. The van der Waals surface area contributed by atoms with Crippen LogP contribution in [0.1, 0.15) is 12.0 Å². The van der Waals surface area contributed by atoms with Crippen LogP contribution in [0, 0.1) is 0 Å². The van der Waals surface area contributed by atoms with Gasteiger partial charge < -0.3 is 4.98 Å². The molecule has 7 heteroatoms. The highest BCUT2D eigenvalue weighted by Gasteiger charge is 2.27. The molecule has 1 aliphatic heterocycles. The van der Waals surface area contributed by atoms with Crippen molar-refractivity contribution in [1.82, 2.24) is 19.6 Å². The van der Waals surface area contributed by atoms with E-state index in [1.165, 1.54) is 18.1 Å². The maximum Gasteiger partial charge on any atom is 0.257 e. The number of hydrogen-bond acceptors (Lipinski definition) is 4. The number of H-pyrrole nitrogens is 1. The molecule has 1 aromatic carbocycles. The van der Waals surface area contributed by atoms with Crippen molar-refractivity contribution in [3.63, 3.8) is 0 Å². The zero-order valence-electron chi connectivity index (χ0n) is 11.6. The van der Waals surface area contributed by atoms with Crippen molar-refractivity contribution in [2.45, 2.75) is 24.0 Å². The van der Waals surface area contributed by atoms with Gasteiger partial charge in [-0.25, -0.2) is 18.1 Å². The number of nitrogens with one attached hydrogen (secondary N) is 2. The fourth-order valence-electron chi connectivity index (χ4n) is 2.59. The molecule has 0 spiro atoms. The molecule has 0 amide bonds. The van der Waals surface area contributed by atoms with Crippen LogP contribution in [0.15, 0.2) is 47.9 Å². The summed E-state index contributed by atoms with van der Waals surface area (Å²) in [4.78, 5) is 8.64. The van der Waals surface area contributed by atoms with Crippen LogP contribution in [0.2, 0.25) is 0 Å². The molecule has 2 heterocycles. The van der Waals surface area contributed by atoms with Gasteiger partial charge in [0.15, 0.2) is 5.03 Å². The van der Waals surface area contributed by atoms with Crippen molar-refractivity contribution >= 4 is 10.0 Å². The van der Waals surface area contributed by atoms with Gasteiger partial charge in [0, 0.05) is 25.7 Å². The summed E-state index contributed by atoms with van der Waals surface area (Å²) in [5.41, 5.74) is 1.24. The number of benzene rings is 1. The number of rotatable bonds is 5. The second kappa shape index (κ2) is 5.97. The van der Waals surface area contributed by atoms with Crippen molar-refractivity contribution in [2.75, 3.05) is 13.1 Å². The van der Waals surface area contributed by atoms with Gasteiger partial charge in [0.1, 0.15) is 0 Å². The molecule has 1 fully saturated rings. The van der Waals surface area contributed by atoms with Gasteiger partial charge in [0.2, 0.25) is 0 Å². The molecular weight excluding hydrogens is 288 g/mol. The predicted molar refractivity (Wildman–Crippen MR) is 79.0 cm³/mol. The van der Waals surface area contributed by atoms with Crippen molar-refractivity contribution < 1.29 is 8.42 Å². The largest absolute Gasteiger partial charge is 0.335 e. The van der Waals surface area contributed by atoms with E-state index in [1.807, 2.05) is 18.2 Å². The summed E-state index contributed by atoms with van der Waals surface area (Å²) in [5.74, 6) is 0. The lowest BCUT2D eigenvalue weighted by Crippen LogP contribution is -2.37. The fraction of sp³-hybridized carbons (Fsp3) is 0.357. The van der Waals surface area contributed by atoms with Gasteiger partial charge in [0.25, 0.3) is 10.0 Å². The Morgan fingerprint density at radius 3 is 2.86 bits per heavy atom. The third-order valence-corrected chi connectivity index (χ3v) is 5.05. The summed E-state index contributed by atoms with van der Waals surface area (Å²) in [6.45, 7) is 2.47. The SMILES string of the molecule is O=S(=O)(NC1CCN(Cc2ccccc2)C1)c1cnc[nH]1. The average molecular weight is 306 g/mol. The van der Waals surface area contributed by atoms with Crippen molar-refractivity contribution in [3.8, 4) is 0 Å². The lowest BCUT2D eigenvalue weighted by molar-refractivity contribution is 0.324. The smallest absolute Gasteiger partial charge is 0.257 e. The molecule has 2 aromatic rings. The minimum absolute atomic E-state index is 0.0537. The van der Waals surface area contributed by atoms with E-state index >= 15 is 0 Å². The van der Waals surface area contributed by atoms with E-state index in [1.54, 1.807) is 0 Å². The highest BCUT2D eigenvalue weighted by atomic mass is 32.2. The Labute approximate surface area is 124 Å². The predicted octanol–water partition coefficient (Wildman–Crippen LogP) is 0.962. The topological polar surface area (TPSA) is 78.1 Å². The van der Waals surface area contributed by atoms with Crippen LogP contribution in [0.25, 0.3) is 0 Å². The van der Waals surface area contributed by atoms with Crippen LogP contribution >= 0.6 is 0 Å². The Morgan fingerprint density at radius 2 is 2.14 bits per heavy atom. The van der Waals surface area contributed by atoms with E-state index in [2.05, 4.69) is 31.7 Å². The van der Waals surface area contributed by atoms with E-state index in [0.717, 1.165) is 26.1 Å². The quantitative estimate of drug-likeness (QED) is 0.862. The first-order valence-electron chi connectivity index (χ1n) is 6.90. The number of aromatic amines is 1. The van der Waals surface area contributed by atoms with Crippen molar-refractivity contribution in [2.24, 2.45) is 0 Å². The number of aromatic nitrogens is 2. The van der Waals surface area contributed by atoms with E-state index in [-0.39, 0.29) is 11.1 Å². The summed E-state index contributed by atoms with van der Waals surface area (Å²) in [7, 11) is -3.49. The Hall–Kier alpha value is -1.70. The van der Waals surface area contributed by atoms with Gasteiger partial charge in [0.05, 0.1) is 12.5 Å². The van der Waals surface area contributed by atoms with Crippen LogP contribution in [0.3, 0.4) is 0 Å². The molecule has 1 saturated heterocycles. The standard InChI is InChI=1S/C14H18N4O2S/c19-21(20,14-8-15-11-16-14)17-13-6-7-18(10-13)9-12-4-2-1-3-5-12/h1-5,8,11,13,17H,6-7,9-10H2,(H,15,16). The van der Waals surface area contributed by atoms with Gasteiger partial charge in [-0.3, -0.25) is 4.90 Å². The number of imidazole rings is 1. The maximum absolute atomic E-state index is 12.1. The normalized spacial score (nSPS) is 19.9. The third kappa shape index (κ3) is 3.49. The first-order valence-corrected chi connectivity index (χ1v) is 8.39. The summed E-state index contributed by atoms with van der Waals surface area (Å²) >= 11 is 0. The number of hydrogen-bond donors (Lipinski definition) is 2. The second-order valence-electron chi connectivity index (χ2n) is 5.24. The second-order valence-corrected chi connectivity index (χ2v) is 6.93. The number of likely N-dealkylation sites (tertiary alicyclic amines) is 1. The molecule has 0 radical (unpaired) electrons. The molecule has 1 aromatic heterocycles. The lowest BCUT2D eigenvalue weighted by Gasteiger charge is -2.16. The molecule has 0 saturated carbocycles. The van der Waals surface area contributed by atoms with Crippen molar-refractivity contribution in [1.29, 1.82) is 0 Å². The Kier molecular flexibility index (Phi) is 4.05. The van der Waals surface area contributed by atoms with Gasteiger partial charge in [-0.2, -0.15) is 0 Å². The van der Waals surface area contributed by atoms with Crippen LogP contribution in [-0.2, 0) is 16.6 Å². The summed E-state index contributed by atoms with van der Waals surface area (Å²) in [5, 5.41) is 0.115. The summed E-state index contributed by atoms with van der Waals surface area (Å²) < 4.78 is 27.0. The van der Waals surface area contributed by atoms with Gasteiger partial charge in [-0.1, -0.05) is 30.3 Å². The Balaban J connectivity index is 1.58. The molecule has 21 heavy (non-hydrogen) atoms. The zero-order chi connectivity index (χ0) is 14.7. The molecule has 3 rings (SSSR count). The van der Waals surface area contributed by atoms with Crippen LogP contribution in [0.5, 0.6) is 0 Å². The van der Waals surface area contributed by atoms with Gasteiger partial charge >= 0.3 is 0 Å².